The van der Waals surface area contributed by atoms with Crippen LogP contribution in [0.2, 0.25) is 0 Å². The van der Waals surface area contributed by atoms with Crippen molar-refractivity contribution in [1.29, 1.82) is 0 Å². The number of pyridine rings is 1. The summed E-state index contributed by atoms with van der Waals surface area (Å²) >= 11 is 0. The second kappa shape index (κ2) is 10.0. The number of rotatable bonds is 7. The van der Waals surface area contributed by atoms with E-state index in [1.165, 1.54) is 6.20 Å². The van der Waals surface area contributed by atoms with Gasteiger partial charge in [-0.25, -0.2) is 4.79 Å². The largest absolute Gasteiger partial charge is 0.457 e. The Morgan fingerprint density at radius 1 is 1.13 bits per heavy atom. The van der Waals surface area contributed by atoms with Crippen molar-refractivity contribution in [3.63, 3.8) is 0 Å². The quantitative estimate of drug-likeness (QED) is 0.511. The van der Waals surface area contributed by atoms with Crippen LogP contribution in [0.15, 0.2) is 42.7 Å². The van der Waals surface area contributed by atoms with Gasteiger partial charge in [0.15, 0.2) is 0 Å². The van der Waals surface area contributed by atoms with Gasteiger partial charge in [-0.3, -0.25) is 9.78 Å². The lowest BCUT2D eigenvalue weighted by molar-refractivity contribution is -0.143. The van der Waals surface area contributed by atoms with Crippen molar-refractivity contribution < 1.29 is 24.2 Å². The van der Waals surface area contributed by atoms with Crippen molar-refractivity contribution in [2.24, 2.45) is 5.41 Å². The fraction of sp³-hybridized carbons (Fsp3) is 0.458. The molecule has 0 bridgehead atoms. The predicted octanol–water partition coefficient (Wildman–Crippen LogP) is 3.81. The summed E-state index contributed by atoms with van der Waals surface area (Å²) in [6.07, 6.45) is 2.21. The van der Waals surface area contributed by atoms with Gasteiger partial charge in [-0.1, -0.05) is 6.07 Å². The Hall–Kier alpha value is -2.77. The first-order valence-corrected chi connectivity index (χ1v) is 10.2. The molecule has 0 aliphatic heterocycles. The van der Waals surface area contributed by atoms with E-state index in [1.807, 2.05) is 20.8 Å². The molecule has 0 amide bonds. The van der Waals surface area contributed by atoms with E-state index >= 15 is 0 Å². The first-order chi connectivity index (χ1) is 14.4. The van der Waals surface area contributed by atoms with Gasteiger partial charge in [-0.15, -0.1) is 0 Å². The number of hydrogen-bond acceptors (Lipinski definition) is 7. The summed E-state index contributed by atoms with van der Waals surface area (Å²) in [7, 11) is 0. The second-order valence-electron chi connectivity index (χ2n) is 9.47. The first-order valence-electron chi connectivity index (χ1n) is 10.2. The summed E-state index contributed by atoms with van der Waals surface area (Å²) in [6.45, 7) is 11.5. The number of nitrogens with one attached hydrogen (secondary N) is 1. The molecule has 1 aromatic carbocycles. The SMILES string of the molecule is CC(C)(C)NCC(O)c1ccc(OC(=O)C(C)(C)C)c(COC(=O)c2cccnc2)c1. The van der Waals surface area contributed by atoms with Gasteiger partial charge < -0.3 is 19.9 Å². The highest BCUT2D eigenvalue weighted by atomic mass is 16.5. The highest BCUT2D eigenvalue weighted by Crippen LogP contribution is 2.27. The van der Waals surface area contributed by atoms with Gasteiger partial charge in [-0.05, 0) is 71.4 Å². The van der Waals surface area contributed by atoms with Crippen LogP contribution in [0.3, 0.4) is 0 Å². The third kappa shape index (κ3) is 7.77. The van der Waals surface area contributed by atoms with Gasteiger partial charge in [0, 0.05) is 30.0 Å². The number of carbonyl (C=O) groups is 2. The Morgan fingerprint density at radius 2 is 1.84 bits per heavy atom. The molecule has 1 aromatic heterocycles. The highest BCUT2D eigenvalue weighted by Gasteiger charge is 2.25. The molecular weight excluding hydrogens is 396 g/mol. The molecule has 0 radical (unpaired) electrons. The number of esters is 2. The molecular formula is C24H32N2O5. The zero-order valence-electron chi connectivity index (χ0n) is 19.1. The monoisotopic (exact) mass is 428 g/mol. The van der Waals surface area contributed by atoms with Gasteiger partial charge >= 0.3 is 11.9 Å². The Labute approximate surface area is 183 Å². The number of benzene rings is 1. The molecule has 7 heteroatoms. The topological polar surface area (TPSA) is 97.7 Å². The van der Waals surface area contributed by atoms with E-state index in [9.17, 15) is 14.7 Å². The molecule has 0 saturated heterocycles. The van der Waals surface area contributed by atoms with Crippen molar-refractivity contribution in [3.05, 3.63) is 59.4 Å². The second-order valence-corrected chi connectivity index (χ2v) is 9.47. The normalized spacial score (nSPS) is 12.9. The lowest BCUT2D eigenvalue weighted by atomic mass is 9.97. The van der Waals surface area contributed by atoms with Gasteiger partial charge in [0.2, 0.25) is 0 Å². The minimum Gasteiger partial charge on any atom is -0.457 e. The summed E-state index contributed by atoms with van der Waals surface area (Å²) in [5.74, 6) is -0.657. The van der Waals surface area contributed by atoms with Crippen LogP contribution in [-0.4, -0.2) is 34.1 Å². The Morgan fingerprint density at radius 3 is 2.42 bits per heavy atom. The van der Waals surface area contributed by atoms with Crippen molar-refractivity contribution in [2.45, 2.75) is 59.8 Å². The molecule has 1 unspecified atom stereocenters. The van der Waals surface area contributed by atoms with Crippen LogP contribution < -0.4 is 10.1 Å². The van der Waals surface area contributed by atoms with Crippen LogP contribution in [0.1, 0.15) is 69.1 Å². The van der Waals surface area contributed by atoms with Gasteiger partial charge in [0.25, 0.3) is 0 Å². The maximum absolute atomic E-state index is 12.4. The van der Waals surface area contributed by atoms with Crippen molar-refractivity contribution in [1.82, 2.24) is 10.3 Å². The molecule has 7 nitrogen and oxygen atoms in total. The van der Waals surface area contributed by atoms with Gasteiger partial charge in [-0.2, -0.15) is 0 Å². The Bertz CT molecular complexity index is 898. The lowest BCUT2D eigenvalue weighted by Crippen LogP contribution is -2.38. The number of nitrogens with zero attached hydrogens (tertiary/aromatic N) is 1. The molecule has 0 aliphatic rings. The number of carbonyl (C=O) groups excluding carboxylic acids is 2. The van der Waals surface area contributed by atoms with Crippen LogP contribution in [0.4, 0.5) is 0 Å². The number of aromatic nitrogens is 1. The molecule has 2 N–H and O–H groups in total. The summed E-state index contributed by atoms with van der Waals surface area (Å²) in [5, 5.41) is 13.8. The fourth-order valence-corrected chi connectivity index (χ4v) is 2.50. The van der Waals surface area contributed by atoms with E-state index in [-0.39, 0.29) is 12.1 Å². The van der Waals surface area contributed by atoms with Crippen LogP contribution in [0, 0.1) is 5.41 Å². The maximum Gasteiger partial charge on any atom is 0.340 e. The summed E-state index contributed by atoms with van der Waals surface area (Å²) in [4.78, 5) is 28.6. The minimum absolute atomic E-state index is 0.117. The maximum atomic E-state index is 12.4. The van der Waals surface area contributed by atoms with Crippen molar-refractivity contribution in [3.8, 4) is 5.75 Å². The van der Waals surface area contributed by atoms with E-state index in [2.05, 4.69) is 10.3 Å². The van der Waals surface area contributed by atoms with E-state index in [1.54, 1.807) is 57.3 Å². The number of hydrogen-bond donors (Lipinski definition) is 2. The molecule has 1 atom stereocenters. The van der Waals surface area contributed by atoms with E-state index in [0.29, 0.717) is 29.0 Å². The van der Waals surface area contributed by atoms with E-state index in [0.717, 1.165) is 0 Å². The van der Waals surface area contributed by atoms with Crippen LogP contribution in [0.25, 0.3) is 0 Å². The highest BCUT2D eigenvalue weighted by molar-refractivity contribution is 5.88. The van der Waals surface area contributed by atoms with Gasteiger partial charge in [0.1, 0.15) is 12.4 Å². The molecule has 168 valence electrons. The molecule has 2 rings (SSSR count). The molecule has 0 aliphatic carbocycles. The summed E-state index contributed by atoms with van der Waals surface area (Å²) in [6, 6.07) is 8.26. The Balaban J connectivity index is 2.24. The number of β-amino-alcohol motifs (C(OH)–C–C–N with tert-alkyl or cyclic N) is 1. The third-order valence-electron chi connectivity index (χ3n) is 4.37. The molecule has 1 heterocycles. The number of ether oxygens (including phenoxy) is 2. The van der Waals surface area contributed by atoms with Crippen LogP contribution >= 0.6 is 0 Å². The standard InChI is InChI=1S/C24H32N2O5/c1-23(2,3)22(29)31-20-10-9-16(19(27)14-26-24(4,5)6)12-18(20)15-30-21(28)17-8-7-11-25-13-17/h7-13,19,26-27H,14-15H2,1-6H3. The van der Waals surface area contributed by atoms with E-state index in [4.69, 9.17) is 9.47 Å². The molecule has 31 heavy (non-hydrogen) atoms. The average molecular weight is 429 g/mol. The molecule has 0 fully saturated rings. The smallest absolute Gasteiger partial charge is 0.340 e. The van der Waals surface area contributed by atoms with E-state index < -0.39 is 23.5 Å². The van der Waals surface area contributed by atoms with Crippen molar-refractivity contribution in [2.75, 3.05) is 6.54 Å². The summed E-state index contributed by atoms with van der Waals surface area (Å²) < 4.78 is 11.0. The number of aliphatic hydroxyl groups is 1. The lowest BCUT2D eigenvalue weighted by Gasteiger charge is -2.24. The summed E-state index contributed by atoms with van der Waals surface area (Å²) in [5.41, 5.74) is 0.590. The minimum atomic E-state index is -0.778. The van der Waals surface area contributed by atoms with Gasteiger partial charge in [0.05, 0.1) is 17.1 Å². The third-order valence-corrected chi connectivity index (χ3v) is 4.37. The average Bonchev–Trinajstić information content (AvgIpc) is 2.70. The van der Waals surface area contributed by atoms with Crippen LogP contribution in [-0.2, 0) is 16.1 Å². The number of aliphatic hydroxyl groups excluding tert-OH is 1. The first kappa shape index (κ1) is 24.5. The Kier molecular flexibility index (Phi) is 7.92. The zero-order chi connectivity index (χ0) is 23.2. The predicted molar refractivity (Wildman–Crippen MR) is 118 cm³/mol. The zero-order valence-corrected chi connectivity index (χ0v) is 19.1. The molecule has 0 spiro atoms. The molecule has 0 saturated carbocycles. The fourth-order valence-electron chi connectivity index (χ4n) is 2.50. The molecule has 2 aromatic rings. The van der Waals surface area contributed by atoms with Crippen LogP contribution in [0.5, 0.6) is 5.75 Å². The van der Waals surface area contributed by atoms with Crippen molar-refractivity contribution >= 4 is 11.9 Å².